The van der Waals surface area contributed by atoms with E-state index in [1.54, 1.807) is 6.07 Å². The number of carbonyl (C=O) groups excluding carboxylic acids is 1. The minimum atomic E-state index is -3.24. The highest BCUT2D eigenvalue weighted by atomic mass is 32.2. The summed E-state index contributed by atoms with van der Waals surface area (Å²) in [5.74, 6) is 0.477. The van der Waals surface area contributed by atoms with Gasteiger partial charge in [-0.15, -0.1) is 12.6 Å². The van der Waals surface area contributed by atoms with E-state index >= 15 is 0 Å². The number of aromatic nitrogens is 2. The topological polar surface area (TPSA) is 79.9 Å². The molecular weight excluding hydrogens is 260 g/mol. The van der Waals surface area contributed by atoms with Crippen molar-refractivity contribution < 1.29 is 13.2 Å². The Morgan fingerprint density at radius 3 is 2.76 bits per heavy atom. The summed E-state index contributed by atoms with van der Waals surface area (Å²) in [4.78, 5) is 18.1. The summed E-state index contributed by atoms with van der Waals surface area (Å²) in [6.07, 6.45) is 1.23. The monoisotopic (exact) mass is 270 g/mol. The van der Waals surface area contributed by atoms with Crippen molar-refractivity contribution in [3.63, 3.8) is 0 Å². The summed E-state index contributed by atoms with van der Waals surface area (Å²) in [5.41, 5.74) is 1.22. The van der Waals surface area contributed by atoms with Gasteiger partial charge in [-0.25, -0.2) is 13.4 Å². The molecule has 0 aliphatic heterocycles. The smallest absolute Gasteiger partial charge is 0.193 e. The molecule has 0 saturated carbocycles. The van der Waals surface area contributed by atoms with Gasteiger partial charge < -0.3 is 4.98 Å². The lowest BCUT2D eigenvalue weighted by atomic mass is 10.3. The SMILES string of the molecule is CS(=O)(=O)c1ccc2nc(CC(=O)S)[nH]c2c1. The molecule has 2 rings (SSSR count). The number of thiol groups is 1. The fourth-order valence-corrected chi connectivity index (χ4v) is 2.30. The molecule has 17 heavy (non-hydrogen) atoms. The van der Waals surface area contributed by atoms with Gasteiger partial charge in [0.05, 0.1) is 22.3 Å². The van der Waals surface area contributed by atoms with E-state index in [4.69, 9.17) is 0 Å². The number of hydrogen-bond donors (Lipinski definition) is 2. The number of sulfone groups is 1. The Balaban J connectivity index is 2.52. The first-order chi connectivity index (χ1) is 7.86. The Morgan fingerprint density at radius 2 is 2.18 bits per heavy atom. The van der Waals surface area contributed by atoms with Gasteiger partial charge in [-0.05, 0) is 18.2 Å². The average Bonchev–Trinajstić information content (AvgIpc) is 2.55. The Bertz CT molecular complexity index is 689. The van der Waals surface area contributed by atoms with Gasteiger partial charge >= 0.3 is 0 Å². The van der Waals surface area contributed by atoms with Gasteiger partial charge in [0.2, 0.25) is 0 Å². The quantitative estimate of drug-likeness (QED) is 0.814. The van der Waals surface area contributed by atoms with Gasteiger partial charge in [-0.3, -0.25) is 4.79 Å². The van der Waals surface area contributed by atoms with Crippen molar-refractivity contribution in [2.24, 2.45) is 0 Å². The van der Waals surface area contributed by atoms with Crippen LogP contribution in [0.5, 0.6) is 0 Å². The molecule has 1 aromatic heterocycles. The summed E-state index contributed by atoms with van der Waals surface area (Å²) >= 11 is 3.66. The molecule has 1 N–H and O–H groups in total. The molecule has 0 bridgehead atoms. The summed E-state index contributed by atoms with van der Waals surface area (Å²) in [6, 6.07) is 4.60. The minimum absolute atomic E-state index is 0.0893. The largest absolute Gasteiger partial charge is 0.342 e. The first-order valence-electron chi connectivity index (χ1n) is 4.77. The molecule has 0 amide bonds. The van der Waals surface area contributed by atoms with Crippen LogP contribution in [0.15, 0.2) is 23.1 Å². The minimum Gasteiger partial charge on any atom is -0.342 e. The second-order valence-corrected chi connectivity index (χ2v) is 6.22. The number of imidazole rings is 1. The van der Waals surface area contributed by atoms with Crippen LogP contribution in [-0.4, -0.2) is 29.8 Å². The molecule has 0 aliphatic rings. The van der Waals surface area contributed by atoms with Crippen molar-refractivity contribution in [3.05, 3.63) is 24.0 Å². The Hall–Kier alpha value is -1.34. The standard InChI is InChI=1S/C10H10N2O3S2/c1-17(14,15)6-2-3-7-8(4-6)12-9(11-7)5-10(13)16/h2-4H,5H2,1H3,(H,11,12)(H,13,16). The molecule has 1 aromatic carbocycles. The zero-order valence-corrected chi connectivity index (χ0v) is 10.7. The third-order valence-corrected chi connectivity index (χ3v) is 3.52. The Morgan fingerprint density at radius 1 is 1.47 bits per heavy atom. The van der Waals surface area contributed by atoms with E-state index in [0.29, 0.717) is 16.9 Å². The maximum Gasteiger partial charge on any atom is 0.193 e. The van der Waals surface area contributed by atoms with Gasteiger partial charge in [0.15, 0.2) is 15.0 Å². The van der Waals surface area contributed by atoms with E-state index in [-0.39, 0.29) is 16.4 Å². The van der Waals surface area contributed by atoms with E-state index < -0.39 is 9.84 Å². The lowest BCUT2D eigenvalue weighted by Gasteiger charge is -1.96. The Kier molecular flexibility index (Phi) is 2.96. The second-order valence-electron chi connectivity index (χ2n) is 3.71. The molecule has 0 atom stereocenters. The van der Waals surface area contributed by atoms with Crippen LogP contribution in [0.4, 0.5) is 0 Å². The number of nitrogens with one attached hydrogen (secondary N) is 1. The first kappa shape index (κ1) is 12.1. The van der Waals surface area contributed by atoms with Crippen LogP contribution in [0, 0.1) is 0 Å². The molecule has 0 fully saturated rings. The van der Waals surface area contributed by atoms with Crippen LogP contribution in [0.1, 0.15) is 5.82 Å². The van der Waals surface area contributed by atoms with E-state index in [2.05, 4.69) is 22.6 Å². The van der Waals surface area contributed by atoms with Crippen LogP contribution < -0.4 is 0 Å². The maximum atomic E-state index is 11.4. The molecule has 2 aromatic rings. The fraction of sp³-hybridized carbons (Fsp3) is 0.200. The summed E-state index contributed by atoms with van der Waals surface area (Å²) in [5, 5.41) is -0.299. The number of aromatic amines is 1. The number of fused-ring (bicyclic) bond motifs is 1. The summed E-state index contributed by atoms with van der Waals surface area (Å²) < 4.78 is 22.7. The van der Waals surface area contributed by atoms with Gasteiger partial charge in [0.25, 0.3) is 0 Å². The third-order valence-electron chi connectivity index (χ3n) is 2.25. The predicted octanol–water partition coefficient (Wildman–Crippen LogP) is 0.965. The van der Waals surface area contributed by atoms with Crippen molar-refractivity contribution >= 4 is 38.6 Å². The molecule has 0 radical (unpaired) electrons. The van der Waals surface area contributed by atoms with Gasteiger partial charge in [0.1, 0.15) is 5.82 Å². The van der Waals surface area contributed by atoms with Crippen LogP contribution in [-0.2, 0) is 21.1 Å². The van der Waals surface area contributed by atoms with Crippen LogP contribution in [0.2, 0.25) is 0 Å². The molecule has 0 spiro atoms. The van der Waals surface area contributed by atoms with Crippen molar-refractivity contribution in [2.75, 3.05) is 6.26 Å². The predicted molar refractivity (Wildman–Crippen MR) is 66.9 cm³/mol. The van der Waals surface area contributed by atoms with Crippen LogP contribution in [0.3, 0.4) is 0 Å². The molecule has 0 aliphatic carbocycles. The van der Waals surface area contributed by atoms with Crippen molar-refractivity contribution in [1.29, 1.82) is 0 Å². The lowest BCUT2D eigenvalue weighted by Crippen LogP contribution is -1.96. The lowest BCUT2D eigenvalue weighted by molar-refractivity contribution is -0.110. The number of benzene rings is 1. The van der Waals surface area contributed by atoms with Crippen molar-refractivity contribution in [1.82, 2.24) is 9.97 Å². The van der Waals surface area contributed by atoms with Gasteiger partial charge in [-0.1, -0.05) is 0 Å². The number of rotatable bonds is 3. The third kappa shape index (κ3) is 2.67. The van der Waals surface area contributed by atoms with E-state index in [0.717, 1.165) is 6.26 Å². The maximum absolute atomic E-state index is 11.4. The summed E-state index contributed by atoms with van der Waals surface area (Å²) in [7, 11) is -3.24. The molecule has 7 heteroatoms. The van der Waals surface area contributed by atoms with Crippen molar-refractivity contribution in [2.45, 2.75) is 11.3 Å². The number of nitrogens with zero attached hydrogens (tertiary/aromatic N) is 1. The second kappa shape index (κ2) is 4.15. The van der Waals surface area contributed by atoms with E-state index in [1.807, 2.05) is 0 Å². The highest BCUT2D eigenvalue weighted by Crippen LogP contribution is 2.17. The molecule has 1 heterocycles. The van der Waals surface area contributed by atoms with E-state index in [1.165, 1.54) is 12.1 Å². The number of H-pyrrole nitrogens is 1. The number of carbonyl (C=O) groups is 1. The highest BCUT2D eigenvalue weighted by molar-refractivity contribution is 7.96. The zero-order chi connectivity index (χ0) is 12.6. The van der Waals surface area contributed by atoms with Gasteiger partial charge in [-0.2, -0.15) is 0 Å². The fourth-order valence-electron chi connectivity index (χ4n) is 1.50. The molecule has 5 nitrogen and oxygen atoms in total. The number of hydrogen-bond acceptors (Lipinski definition) is 4. The van der Waals surface area contributed by atoms with E-state index in [9.17, 15) is 13.2 Å². The molecule has 0 saturated heterocycles. The highest BCUT2D eigenvalue weighted by Gasteiger charge is 2.10. The average molecular weight is 270 g/mol. The van der Waals surface area contributed by atoms with Gasteiger partial charge in [0, 0.05) is 6.26 Å². The summed E-state index contributed by atoms with van der Waals surface area (Å²) in [6.45, 7) is 0. The zero-order valence-electron chi connectivity index (χ0n) is 8.97. The normalized spacial score (nSPS) is 11.9. The van der Waals surface area contributed by atoms with Crippen molar-refractivity contribution in [3.8, 4) is 0 Å². The molecular formula is C10H10N2O3S2. The van der Waals surface area contributed by atoms with Crippen LogP contribution in [0.25, 0.3) is 11.0 Å². The Labute approximate surface area is 104 Å². The molecule has 0 unspecified atom stereocenters. The van der Waals surface area contributed by atoms with Crippen LogP contribution >= 0.6 is 12.6 Å². The molecule has 90 valence electrons. The first-order valence-corrected chi connectivity index (χ1v) is 7.10.